The Morgan fingerprint density at radius 3 is 2.52 bits per heavy atom. The molecule has 0 radical (unpaired) electrons. The van der Waals surface area contributed by atoms with Crippen molar-refractivity contribution in [1.82, 2.24) is 9.88 Å². The van der Waals surface area contributed by atoms with Crippen LogP contribution in [0.15, 0.2) is 58.0 Å². The Morgan fingerprint density at radius 1 is 1.07 bits per heavy atom. The summed E-state index contributed by atoms with van der Waals surface area (Å²) in [4.78, 5) is 33.9. The summed E-state index contributed by atoms with van der Waals surface area (Å²) in [6.45, 7) is 8.02. The lowest BCUT2D eigenvalue weighted by molar-refractivity contribution is -0.896. The Morgan fingerprint density at radius 2 is 1.79 bits per heavy atom. The molecule has 150 valence electrons. The van der Waals surface area contributed by atoms with Crippen molar-refractivity contribution < 1.29 is 14.1 Å². The molecule has 2 aromatic heterocycles. The minimum Gasteiger partial charge on any atom is -0.450 e. The summed E-state index contributed by atoms with van der Waals surface area (Å²) in [7, 11) is 0. The molecule has 6 nitrogen and oxygen atoms in total. The van der Waals surface area contributed by atoms with Crippen LogP contribution < -0.4 is 10.3 Å². The first kappa shape index (κ1) is 19.3. The van der Waals surface area contributed by atoms with Crippen molar-refractivity contribution in [2.45, 2.75) is 26.3 Å². The summed E-state index contributed by atoms with van der Waals surface area (Å²) in [6, 6.07) is 10.4. The number of hydrogen-bond acceptors (Lipinski definition) is 4. The van der Waals surface area contributed by atoms with Crippen LogP contribution in [0, 0.1) is 0 Å². The van der Waals surface area contributed by atoms with Crippen molar-refractivity contribution >= 4 is 16.9 Å². The molecule has 1 aliphatic rings. The third-order valence-corrected chi connectivity index (χ3v) is 5.82. The maximum atomic E-state index is 13.3. The normalized spacial score (nSPS) is 16.0. The number of benzene rings is 1. The number of nitrogens with one attached hydrogen (secondary N) is 1. The predicted octanol–water partition coefficient (Wildman–Crippen LogP) is 2.05. The average Bonchev–Trinajstić information content (AvgIpc) is 3.04. The molecule has 0 unspecified atom stereocenters. The molecule has 3 aromatic rings. The zero-order valence-corrected chi connectivity index (χ0v) is 16.9. The fourth-order valence-corrected chi connectivity index (χ4v) is 4.19. The van der Waals surface area contributed by atoms with Crippen LogP contribution in [-0.2, 0) is 0 Å². The van der Waals surface area contributed by atoms with Gasteiger partial charge in [-0.05, 0) is 43.7 Å². The Balaban J connectivity index is 1.77. The Kier molecular flexibility index (Phi) is 5.45. The third-order valence-electron chi connectivity index (χ3n) is 5.82. The van der Waals surface area contributed by atoms with E-state index in [1.807, 2.05) is 24.3 Å². The van der Waals surface area contributed by atoms with Gasteiger partial charge >= 0.3 is 0 Å². The van der Waals surface area contributed by atoms with Gasteiger partial charge < -0.3 is 14.2 Å². The molecular formula is C23H26N3O3+. The van der Waals surface area contributed by atoms with Gasteiger partial charge in [0.05, 0.1) is 36.6 Å². The fourth-order valence-electron chi connectivity index (χ4n) is 4.19. The van der Waals surface area contributed by atoms with Gasteiger partial charge in [0.2, 0.25) is 5.76 Å². The second-order valence-corrected chi connectivity index (χ2v) is 7.41. The summed E-state index contributed by atoms with van der Waals surface area (Å²) < 4.78 is 5.94. The number of nitrogens with zero attached hydrogens (tertiary/aromatic N) is 2. The van der Waals surface area contributed by atoms with Crippen LogP contribution >= 0.6 is 0 Å². The van der Waals surface area contributed by atoms with Gasteiger partial charge in [-0.1, -0.05) is 12.1 Å². The number of hydrogen-bond donors (Lipinski definition) is 1. The van der Waals surface area contributed by atoms with Crippen molar-refractivity contribution in [3.05, 3.63) is 75.9 Å². The standard InChI is InChI=1S/C23H25N3O3/c1-3-25(4-2)14-7-15-26-20(16-10-12-24-13-11-16)19-21(27)17-8-5-6-9-18(17)29-22(19)23(26)28/h5-6,8-13,20H,3-4,7,14-15H2,1-2H3/p+1/t20-/m1/s1. The summed E-state index contributed by atoms with van der Waals surface area (Å²) in [6.07, 6.45) is 4.25. The molecule has 0 fully saturated rings. The highest BCUT2D eigenvalue weighted by Crippen LogP contribution is 2.37. The second kappa shape index (κ2) is 8.17. The maximum Gasteiger partial charge on any atom is 0.290 e. The first-order chi connectivity index (χ1) is 14.2. The lowest BCUT2D eigenvalue weighted by Gasteiger charge is -2.25. The second-order valence-electron chi connectivity index (χ2n) is 7.41. The van der Waals surface area contributed by atoms with E-state index in [2.05, 4.69) is 18.8 Å². The topological polar surface area (TPSA) is 67.8 Å². The quantitative estimate of drug-likeness (QED) is 0.668. The largest absolute Gasteiger partial charge is 0.450 e. The highest BCUT2D eigenvalue weighted by molar-refractivity contribution is 5.99. The number of aromatic nitrogens is 1. The third kappa shape index (κ3) is 3.44. The van der Waals surface area contributed by atoms with Crippen LogP contribution in [0.5, 0.6) is 0 Å². The molecule has 1 atom stereocenters. The van der Waals surface area contributed by atoms with Gasteiger partial charge in [-0.25, -0.2) is 0 Å². The Bertz CT molecular complexity index is 1070. The molecule has 1 amide bonds. The van der Waals surface area contributed by atoms with Crippen LogP contribution in [0.3, 0.4) is 0 Å². The van der Waals surface area contributed by atoms with Crippen molar-refractivity contribution in [2.24, 2.45) is 0 Å². The minimum atomic E-state index is -0.437. The van der Waals surface area contributed by atoms with Gasteiger partial charge in [0.25, 0.3) is 5.91 Å². The van der Waals surface area contributed by atoms with E-state index in [0.29, 0.717) is 23.1 Å². The average molecular weight is 392 g/mol. The molecule has 0 saturated carbocycles. The molecule has 0 aliphatic carbocycles. The highest BCUT2D eigenvalue weighted by atomic mass is 16.3. The predicted molar refractivity (Wildman–Crippen MR) is 111 cm³/mol. The summed E-state index contributed by atoms with van der Waals surface area (Å²) in [5, 5.41) is 0.507. The van der Waals surface area contributed by atoms with Gasteiger partial charge in [0.1, 0.15) is 5.58 Å². The van der Waals surface area contributed by atoms with Gasteiger partial charge in [-0.2, -0.15) is 0 Å². The van der Waals surface area contributed by atoms with Crippen molar-refractivity contribution in [3.63, 3.8) is 0 Å². The van der Waals surface area contributed by atoms with Gasteiger partial charge in [0.15, 0.2) is 5.43 Å². The number of quaternary nitrogens is 1. The van der Waals surface area contributed by atoms with Crippen LogP contribution in [-0.4, -0.2) is 42.0 Å². The molecular weight excluding hydrogens is 366 g/mol. The molecule has 0 bridgehead atoms. The van der Waals surface area contributed by atoms with E-state index in [4.69, 9.17) is 4.42 Å². The minimum absolute atomic E-state index is 0.131. The zero-order chi connectivity index (χ0) is 20.4. The Hall–Kier alpha value is -2.99. The monoisotopic (exact) mass is 392 g/mol. The van der Waals surface area contributed by atoms with Gasteiger partial charge in [-0.15, -0.1) is 0 Å². The summed E-state index contributed by atoms with van der Waals surface area (Å²) in [5.74, 6) is -0.0371. The summed E-state index contributed by atoms with van der Waals surface area (Å²) in [5.41, 5.74) is 1.64. The van der Waals surface area contributed by atoms with E-state index >= 15 is 0 Å². The van der Waals surface area contributed by atoms with Crippen LogP contribution in [0.2, 0.25) is 0 Å². The van der Waals surface area contributed by atoms with E-state index in [9.17, 15) is 9.59 Å². The highest BCUT2D eigenvalue weighted by Gasteiger charge is 2.42. The molecule has 0 saturated heterocycles. The van der Waals surface area contributed by atoms with Crippen molar-refractivity contribution in [3.8, 4) is 0 Å². The molecule has 6 heteroatoms. The SMILES string of the molecule is CC[NH+](CC)CCCN1C(=O)c2oc3ccccc3c(=O)c2[C@H]1c1ccncc1. The lowest BCUT2D eigenvalue weighted by atomic mass is 9.99. The number of pyridine rings is 1. The van der Waals surface area contributed by atoms with E-state index < -0.39 is 6.04 Å². The smallest absolute Gasteiger partial charge is 0.290 e. The number of amides is 1. The summed E-state index contributed by atoms with van der Waals surface area (Å²) >= 11 is 0. The molecule has 1 aliphatic heterocycles. The van der Waals surface area contributed by atoms with Crippen LogP contribution in [0.1, 0.15) is 48.0 Å². The van der Waals surface area contributed by atoms with Crippen LogP contribution in [0.4, 0.5) is 0 Å². The first-order valence-corrected chi connectivity index (χ1v) is 10.3. The van der Waals surface area contributed by atoms with Crippen molar-refractivity contribution in [2.75, 3.05) is 26.2 Å². The van der Waals surface area contributed by atoms with E-state index in [1.54, 1.807) is 29.4 Å². The van der Waals surface area contributed by atoms with E-state index in [-0.39, 0.29) is 17.1 Å². The maximum absolute atomic E-state index is 13.3. The van der Waals surface area contributed by atoms with Crippen molar-refractivity contribution in [1.29, 1.82) is 0 Å². The fraction of sp³-hybridized carbons (Fsp3) is 0.348. The number of carbonyl (C=O) groups is 1. The molecule has 3 heterocycles. The van der Waals surface area contributed by atoms with Gasteiger partial charge in [0, 0.05) is 25.4 Å². The molecule has 0 spiro atoms. The molecule has 4 rings (SSSR count). The van der Waals surface area contributed by atoms with E-state index in [0.717, 1.165) is 31.6 Å². The molecule has 1 aromatic carbocycles. The number of rotatable bonds is 7. The zero-order valence-electron chi connectivity index (χ0n) is 16.9. The van der Waals surface area contributed by atoms with E-state index in [1.165, 1.54) is 4.90 Å². The first-order valence-electron chi connectivity index (χ1n) is 10.3. The molecule has 29 heavy (non-hydrogen) atoms. The lowest BCUT2D eigenvalue weighted by Crippen LogP contribution is -3.11. The van der Waals surface area contributed by atoms with Gasteiger partial charge in [-0.3, -0.25) is 14.6 Å². The number of para-hydroxylation sites is 1. The number of carbonyl (C=O) groups excluding carboxylic acids is 1. The molecule has 1 N–H and O–H groups in total. The Labute approximate surface area is 169 Å². The number of fused-ring (bicyclic) bond motifs is 2. The van der Waals surface area contributed by atoms with Crippen LogP contribution in [0.25, 0.3) is 11.0 Å².